The van der Waals surface area contributed by atoms with Gasteiger partial charge in [0.1, 0.15) is 5.60 Å². The Labute approximate surface area is 125 Å². The summed E-state index contributed by atoms with van der Waals surface area (Å²) in [6, 6.07) is 4.04. The molecule has 2 aliphatic rings. The Morgan fingerprint density at radius 2 is 2.10 bits per heavy atom. The topological polar surface area (TPSA) is 54.5 Å². The van der Waals surface area contributed by atoms with E-state index in [4.69, 9.17) is 4.74 Å². The minimum atomic E-state index is -0.435. The zero-order chi connectivity index (χ0) is 15.1. The van der Waals surface area contributed by atoms with E-state index in [0.29, 0.717) is 0 Å². The lowest BCUT2D eigenvalue weighted by Crippen LogP contribution is -2.47. The van der Waals surface area contributed by atoms with Crippen molar-refractivity contribution in [3.05, 3.63) is 24.0 Å². The number of amides is 1. The van der Waals surface area contributed by atoms with Crippen LogP contribution in [0.4, 0.5) is 10.5 Å². The fraction of sp³-hybridized carbons (Fsp3) is 0.625. The second kappa shape index (κ2) is 4.90. The molecule has 1 saturated heterocycles. The number of piperidine rings is 1. The zero-order valence-electron chi connectivity index (χ0n) is 13.0. The van der Waals surface area contributed by atoms with E-state index in [1.165, 1.54) is 0 Å². The maximum absolute atomic E-state index is 12.1. The average Bonchev–Trinajstić information content (AvgIpc) is 2.77. The van der Waals surface area contributed by atoms with Gasteiger partial charge in [0.2, 0.25) is 0 Å². The Morgan fingerprint density at radius 3 is 2.76 bits per heavy atom. The molecule has 3 heterocycles. The number of rotatable bonds is 0. The normalized spacial score (nSPS) is 20.0. The highest BCUT2D eigenvalue weighted by Gasteiger charge is 2.43. The highest BCUT2D eigenvalue weighted by Crippen LogP contribution is 2.42. The van der Waals surface area contributed by atoms with Crippen LogP contribution >= 0.6 is 0 Å². The SMILES string of the molecule is CC(C)(C)OC(=O)N1CCC2(CC1)CNc1cccnc12. The van der Waals surface area contributed by atoms with Crippen LogP contribution in [-0.2, 0) is 10.2 Å². The molecule has 1 amide bonds. The molecule has 3 rings (SSSR count). The van der Waals surface area contributed by atoms with Gasteiger partial charge in [-0.25, -0.2) is 4.79 Å². The van der Waals surface area contributed by atoms with E-state index < -0.39 is 5.60 Å². The number of carbonyl (C=O) groups excluding carboxylic acids is 1. The number of fused-ring (bicyclic) bond motifs is 2. The number of carbonyl (C=O) groups is 1. The molecular formula is C16H23N3O2. The van der Waals surface area contributed by atoms with Gasteiger partial charge in [0.25, 0.3) is 0 Å². The van der Waals surface area contributed by atoms with Gasteiger partial charge in [-0.3, -0.25) is 4.98 Å². The summed E-state index contributed by atoms with van der Waals surface area (Å²) >= 11 is 0. The molecule has 1 fully saturated rings. The lowest BCUT2D eigenvalue weighted by Gasteiger charge is -2.39. The largest absolute Gasteiger partial charge is 0.444 e. The van der Waals surface area contributed by atoms with Crippen molar-refractivity contribution in [1.29, 1.82) is 0 Å². The van der Waals surface area contributed by atoms with Crippen LogP contribution < -0.4 is 5.32 Å². The standard InChI is InChI=1S/C16H23N3O2/c1-15(2,3)21-14(20)19-9-6-16(7-10-19)11-18-12-5-4-8-17-13(12)16/h4-5,8,18H,6-7,9-11H2,1-3H3. The van der Waals surface area contributed by atoms with Crippen molar-refractivity contribution in [2.45, 2.75) is 44.6 Å². The Balaban J connectivity index is 1.68. The third-order valence-electron chi connectivity index (χ3n) is 4.30. The Morgan fingerprint density at radius 1 is 1.38 bits per heavy atom. The van der Waals surface area contributed by atoms with Crippen molar-refractivity contribution in [3.8, 4) is 0 Å². The van der Waals surface area contributed by atoms with Crippen LogP contribution in [0.15, 0.2) is 18.3 Å². The highest BCUT2D eigenvalue weighted by molar-refractivity contribution is 5.68. The fourth-order valence-corrected chi connectivity index (χ4v) is 3.18. The van der Waals surface area contributed by atoms with Crippen LogP contribution in [0.1, 0.15) is 39.3 Å². The Hall–Kier alpha value is -1.78. The number of likely N-dealkylation sites (tertiary alicyclic amines) is 1. The molecule has 5 nitrogen and oxygen atoms in total. The minimum Gasteiger partial charge on any atom is -0.444 e. The Kier molecular flexibility index (Phi) is 3.30. The Bertz CT molecular complexity index is 543. The van der Waals surface area contributed by atoms with Gasteiger partial charge in [0, 0.05) is 31.2 Å². The summed E-state index contributed by atoms with van der Waals surface area (Å²) in [5.41, 5.74) is 1.95. The molecule has 1 aromatic rings. The highest BCUT2D eigenvalue weighted by atomic mass is 16.6. The average molecular weight is 289 g/mol. The summed E-state index contributed by atoms with van der Waals surface area (Å²) in [6.07, 6.45) is 3.52. The first-order chi connectivity index (χ1) is 9.90. The molecule has 0 radical (unpaired) electrons. The van der Waals surface area contributed by atoms with E-state index in [-0.39, 0.29) is 11.5 Å². The molecule has 0 aromatic carbocycles. The summed E-state index contributed by atoms with van der Waals surface area (Å²) in [7, 11) is 0. The number of hydrogen-bond acceptors (Lipinski definition) is 4. The monoisotopic (exact) mass is 289 g/mol. The summed E-state index contributed by atoms with van der Waals surface area (Å²) in [6.45, 7) is 8.08. The molecular weight excluding hydrogens is 266 g/mol. The smallest absolute Gasteiger partial charge is 0.410 e. The molecule has 1 N–H and O–H groups in total. The molecule has 1 aromatic heterocycles. The second-order valence-corrected chi connectivity index (χ2v) is 7.00. The molecule has 1 spiro atoms. The van der Waals surface area contributed by atoms with Gasteiger partial charge in [0.05, 0.1) is 11.4 Å². The number of pyridine rings is 1. The summed E-state index contributed by atoms with van der Waals surface area (Å²) in [4.78, 5) is 18.5. The summed E-state index contributed by atoms with van der Waals surface area (Å²) < 4.78 is 5.45. The third kappa shape index (κ3) is 2.69. The van der Waals surface area contributed by atoms with Crippen molar-refractivity contribution >= 4 is 11.8 Å². The molecule has 21 heavy (non-hydrogen) atoms. The molecule has 0 unspecified atom stereocenters. The van der Waals surface area contributed by atoms with E-state index in [1.54, 1.807) is 0 Å². The van der Waals surface area contributed by atoms with Gasteiger partial charge in [-0.15, -0.1) is 0 Å². The number of aromatic nitrogens is 1. The third-order valence-corrected chi connectivity index (χ3v) is 4.30. The number of nitrogens with one attached hydrogen (secondary N) is 1. The van der Waals surface area contributed by atoms with E-state index in [2.05, 4.69) is 16.4 Å². The van der Waals surface area contributed by atoms with E-state index >= 15 is 0 Å². The van der Waals surface area contributed by atoms with Crippen molar-refractivity contribution in [3.63, 3.8) is 0 Å². The molecule has 114 valence electrons. The predicted octanol–water partition coefficient (Wildman–Crippen LogP) is 2.78. The van der Waals surface area contributed by atoms with Crippen molar-refractivity contribution in [2.75, 3.05) is 25.0 Å². The first kappa shape index (κ1) is 14.2. The molecule has 0 saturated carbocycles. The van der Waals surface area contributed by atoms with Crippen LogP contribution in [0.2, 0.25) is 0 Å². The lowest BCUT2D eigenvalue weighted by molar-refractivity contribution is 0.0170. The van der Waals surface area contributed by atoms with Gasteiger partial charge in [0.15, 0.2) is 0 Å². The minimum absolute atomic E-state index is 0.0785. The van der Waals surface area contributed by atoms with Gasteiger partial charge in [-0.1, -0.05) is 0 Å². The maximum Gasteiger partial charge on any atom is 0.410 e. The van der Waals surface area contributed by atoms with E-state index in [9.17, 15) is 4.79 Å². The lowest BCUT2D eigenvalue weighted by atomic mass is 9.77. The van der Waals surface area contributed by atoms with Crippen LogP contribution in [0.25, 0.3) is 0 Å². The van der Waals surface area contributed by atoms with Crippen LogP contribution in [0.3, 0.4) is 0 Å². The second-order valence-electron chi connectivity index (χ2n) is 7.00. The van der Waals surface area contributed by atoms with E-state index in [0.717, 1.165) is 43.9 Å². The van der Waals surface area contributed by atoms with Gasteiger partial charge >= 0.3 is 6.09 Å². The van der Waals surface area contributed by atoms with Crippen molar-refractivity contribution < 1.29 is 9.53 Å². The van der Waals surface area contributed by atoms with E-state index in [1.807, 2.05) is 37.9 Å². The zero-order valence-corrected chi connectivity index (χ0v) is 13.0. The van der Waals surface area contributed by atoms with Gasteiger partial charge in [-0.05, 0) is 45.7 Å². The fourth-order valence-electron chi connectivity index (χ4n) is 3.18. The first-order valence-electron chi connectivity index (χ1n) is 7.57. The first-order valence-corrected chi connectivity index (χ1v) is 7.57. The van der Waals surface area contributed by atoms with Crippen LogP contribution in [0.5, 0.6) is 0 Å². The van der Waals surface area contributed by atoms with Crippen LogP contribution in [0, 0.1) is 0 Å². The molecule has 0 atom stereocenters. The molecule has 0 bridgehead atoms. The number of ether oxygens (including phenoxy) is 1. The summed E-state index contributed by atoms with van der Waals surface area (Å²) in [5.74, 6) is 0. The van der Waals surface area contributed by atoms with Gasteiger partial charge in [-0.2, -0.15) is 0 Å². The van der Waals surface area contributed by atoms with Crippen molar-refractivity contribution in [2.24, 2.45) is 0 Å². The number of nitrogens with zero attached hydrogens (tertiary/aromatic N) is 2. The molecule has 0 aliphatic carbocycles. The molecule has 2 aliphatic heterocycles. The van der Waals surface area contributed by atoms with Crippen LogP contribution in [-0.4, -0.2) is 41.2 Å². The summed E-state index contributed by atoms with van der Waals surface area (Å²) in [5, 5.41) is 3.45. The number of anilines is 1. The maximum atomic E-state index is 12.1. The molecule has 5 heteroatoms. The predicted molar refractivity (Wildman–Crippen MR) is 81.4 cm³/mol. The van der Waals surface area contributed by atoms with Crippen molar-refractivity contribution in [1.82, 2.24) is 9.88 Å². The number of hydrogen-bond donors (Lipinski definition) is 1. The quantitative estimate of drug-likeness (QED) is 0.798. The van der Waals surface area contributed by atoms with Gasteiger partial charge < -0.3 is 15.0 Å².